The molecule has 0 saturated carbocycles. The molecule has 0 bridgehead atoms. The van der Waals surface area contributed by atoms with Crippen molar-refractivity contribution in [2.24, 2.45) is 10.9 Å². The van der Waals surface area contributed by atoms with Crippen LogP contribution >= 0.6 is 0 Å². The number of ether oxygens (including phenoxy) is 1. The second-order valence-corrected chi connectivity index (χ2v) is 5.22. The summed E-state index contributed by atoms with van der Waals surface area (Å²) in [5.74, 6) is -0.455. The first-order valence-electron chi connectivity index (χ1n) is 7.24. The van der Waals surface area contributed by atoms with E-state index in [-0.39, 0.29) is 5.84 Å². The summed E-state index contributed by atoms with van der Waals surface area (Å²) < 4.78 is 19.0. The number of nitrogens with two attached hydrogens (primary N) is 1. The van der Waals surface area contributed by atoms with Gasteiger partial charge in [0.1, 0.15) is 5.82 Å². The number of piperidine rings is 1. The van der Waals surface area contributed by atoms with Gasteiger partial charge in [-0.05, 0) is 37.5 Å². The predicted octanol–water partition coefficient (Wildman–Crippen LogP) is 1.92. The monoisotopic (exact) mass is 295 g/mol. The van der Waals surface area contributed by atoms with E-state index < -0.39 is 5.82 Å². The number of likely N-dealkylation sites (tertiary alicyclic amines) is 1. The van der Waals surface area contributed by atoms with Gasteiger partial charge in [-0.3, -0.25) is 4.90 Å². The first-order chi connectivity index (χ1) is 10.1. The van der Waals surface area contributed by atoms with E-state index in [9.17, 15) is 4.39 Å². The van der Waals surface area contributed by atoms with Crippen molar-refractivity contribution in [1.82, 2.24) is 4.90 Å². The Hall–Kier alpha value is -1.66. The summed E-state index contributed by atoms with van der Waals surface area (Å²) in [6, 6.07) is 4.39. The number of amidine groups is 1. The van der Waals surface area contributed by atoms with Gasteiger partial charge in [-0.15, -0.1) is 0 Å². The zero-order chi connectivity index (χ0) is 15.2. The van der Waals surface area contributed by atoms with Gasteiger partial charge in [0.2, 0.25) is 0 Å². The maximum absolute atomic E-state index is 13.3. The Morgan fingerprint density at radius 3 is 2.81 bits per heavy atom. The van der Waals surface area contributed by atoms with Crippen LogP contribution in [0.5, 0.6) is 0 Å². The van der Waals surface area contributed by atoms with Crippen molar-refractivity contribution in [3.63, 3.8) is 0 Å². The lowest BCUT2D eigenvalue weighted by Crippen LogP contribution is -2.37. The second-order valence-electron chi connectivity index (χ2n) is 5.22. The molecule has 0 atom stereocenters. The van der Waals surface area contributed by atoms with E-state index in [1.54, 1.807) is 6.07 Å². The van der Waals surface area contributed by atoms with Gasteiger partial charge in [0, 0.05) is 31.8 Å². The SMILES string of the molecule is CCOC1CCN(Cc2ccc(F)cc2C(N)=NO)CC1. The maximum atomic E-state index is 13.3. The molecule has 1 aliphatic rings. The van der Waals surface area contributed by atoms with Crippen LogP contribution in [0, 0.1) is 5.82 Å². The van der Waals surface area contributed by atoms with Crippen molar-refractivity contribution in [2.45, 2.75) is 32.4 Å². The Labute approximate surface area is 124 Å². The fourth-order valence-electron chi connectivity index (χ4n) is 2.69. The number of rotatable bonds is 5. The van der Waals surface area contributed by atoms with Crippen molar-refractivity contribution in [1.29, 1.82) is 0 Å². The standard InChI is InChI=1S/C15H22FN3O2/c1-2-21-13-5-7-19(8-6-13)10-11-3-4-12(16)9-14(11)15(17)18-20/h3-4,9,13,20H,2,5-8,10H2,1H3,(H2,17,18). The zero-order valence-corrected chi connectivity index (χ0v) is 12.3. The van der Waals surface area contributed by atoms with Gasteiger partial charge in [-0.25, -0.2) is 4.39 Å². The van der Waals surface area contributed by atoms with Crippen LogP contribution in [0.2, 0.25) is 0 Å². The Balaban J connectivity index is 2.04. The molecule has 0 spiro atoms. The van der Waals surface area contributed by atoms with E-state index in [0.717, 1.165) is 38.1 Å². The molecule has 1 heterocycles. The lowest BCUT2D eigenvalue weighted by atomic mass is 10.0. The van der Waals surface area contributed by atoms with Crippen molar-refractivity contribution in [2.75, 3.05) is 19.7 Å². The van der Waals surface area contributed by atoms with Crippen LogP contribution in [0.4, 0.5) is 4.39 Å². The van der Waals surface area contributed by atoms with E-state index in [4.69, 9.17) is 15.7 Å². The minimum Gasteiger partial charge on any atom is -0.409 e. The molecule has 3 N–H and O–H groups in total. The molecule has 5 nitrogen and oxygen atoms in total. The van der Waals surface area contributed by atoms with E-state index in [1.807, 2.05) is 6.92 Å². The Morgan fingerprint density at radius 1 is 1.48 bits per heavy atom. The average molecular weight is 295 g/mol. The van der Waals surface area contributed by atoms with Gasteiger partial charge in [0.25, 0.3) is 0 Å². The molecule has 116 valence electrons. The lowest BCUT2D eigenvalue weighted by molar-refractivity contribution is 0.0125. The predicted molar refractivity (Wildman–Crippen MR) is 78.8 cm³/mol. The topological polar surface area (TPSA) is 71.1 Å². The van der Waals surface area contributed by atoms with Gasteiger partial charge >= 0.3 is 0 Å². The summed E-state index contributed by atoms with van der Waals surface area (Å²) >= 11 is 0. The van der Waals surface area contributed by atoms with Crippen molar-refractivity contribution < 1.29 is 14.3 Å². The van der Waals surface area contributed by atoms with Crippen LogP contribution in [0.3, 0.4) is 0 Å². The fourth-order valence-corrected chi connectivity index (χ4v) is 2.69. The molecular formula is C15H22FN3O2. The van der Waals surface area contributed by atoms with Gasteiger partial charge < -0.3 is 15.7 Å². The first-order valence-corrected chi connectivity index (χ1v) is 7.24. The normalized spacial score (nSPS) is 18.1. The van der Waals surface area contributed by atoms with Gasteiger partial charge in [0.05, 0.1) is 6.10 Å². The average Bonchev–Trinajstić information content (AvgIpc) is 2.50. The third kappa shape index (κ3) is 4.15. The highest BCUT2D eigenvalue weighted by atomic mass is 19.1. The van der Waals surface area contributed by atoms with Crippen LogP contribution in [-0.2, 0) is 11.3 Å². The molecular weight excluding hydrogens is 273 g/mol. The van der Waals surface area contributed by atoms with Crippen LogP contribution in [-0.4, -0.2) is 41.7 Å². The maximum Gasteiger partial charge on any atom is 0.170 e. The molecule has 0 aromatic heterocycles. The van der Waals surface area contributed by atoms with Crippen molar-refractivity contribution in [3.05, 3.63) is 35.1 Å². The lowest BCUT2D eigenvalue weighted by Gasteiger charge is -2.32. The minimum absolute atomic E-state index is 0.0614. The molecule has 6 heteroatoms. The highest BCUT2D eigenvalue weighted by molar-refractivity contribution is 5.98. The van der Waals surface area contributed by atoms with E-state index in [0.29, 0.717) is 18.2 Å². The van der Waals surface area contributed by atoms with Crippen molar-refractivity contribution in [3.8, 4) is 0 Å². The summed E-state index contributed by atoms with van der Waals surface area (Å²) in [7, 11) is 0. The summed E-state index contributed by atoms with van der Waals surface area (Å²) in [5.41, 5.74) is 6.94. The van der Waals surface area contributed by atoms with Gasteiger partial charge in [-0.2, -0.15) is 0 Å². The van der Waals surface area contributed by atoms with Crippen LogP contribution < -0.4 is 5.73 Å². The molecule has 21 heavy (non-hydrogen) atoms. The van der Waals surface area contributed by atoms with Crippen LogP contribution in [0.1, 0.15) is 30.9 Å². The molecule has 0 radical (unpaired) electrons. The highest BCUT2D eigenvalue weighted by Crippen LogP contribution is 2.19. The van der Waals surface area contributed by atoms with E-state index in [1.165, 1.54) is 12.1 Å². The fraction of sp³-hybridized carbons (Fsp3) is 0.533. The minimum atomic E-state index is -0.393. The molecule has 1 aliphatic heterocycles. The van der Waals surface area contributed by atoms with Crippen LogP contribution in [0.15, 0.2) is 23.4 Å². The van der Waals surface area contributed by atoms with Gasteiger partial charge in [-0.1, -0.05) is 11.2 Å². The summed E-state index contributed by atoms with van der Waals surface area (Å²) in [6.07, 6.45) is 2.32. The molecule has 1 saturated heterocycles. The molecule has 1 aromatic carbocycles. The quantitative estimate of drug-likeness (QED) is 0.377. The zero-order valence-electron chi connectivity index (χ0n) is 12.3. The van der Waals surface area contributed by atoms with E-state index in [2.05, 4.69) is 10.1 Å². The molecule has 2 rings (SSSR count). The van der Waals surface area contributed by atoms with E-state index >= 15 is 0 Å². The number of benzene rings is 1. The third-order valence-corrected chi connectivity index (χ3v) is 3.79. The summed E-state index contributed by atoms with van der Waals surface area (Å²) in [5, 5.41) is 11.8. The number of oxime groups is 1. The molecule has 1 aromatic rings. The Morgan fingerprint density at radius 2 is 2.19 bits per heavy atom. The second kappa shape index (κ2) is 7.38. The summed E-state index contributed by atoms with van der Waals surface area (Å²) in [4.78, 5) is 2.27. The highest BCUT2D eigenvalue weighted by Gasteiger charge is 2.20. The first kappa shape index (κ1) is 15.7. The third-order valence-electron chi connectivity index (χ3n) is 3.79. The van der Waals surface area contributed by atoms with Crippen molar-refractivity contribution >= 4 is 5.84 Å². The largest absolute Gasteiger partial charge is 0.409 e. The molecule has 1 fully saturated rings. The Bertz CT molecular complexity index is 500. The molecule has 0 unspecified atom stereocenters. The number of halogens is 1. The number of hydrogen-bond donors (Lipinski definition) is 2. The van der Waals surface area contributed by atoms with Crippen LogP contribution in [0.25, 0.3) is 0 Å². The number of nitrogens with zero attached hydrogens (tertiary/aromatic N) is 2. The summed E-state index contributed by atoms with van der Waals surface area (Å²) in [6.45, 7) is 5.27. The molecule has 0 aliphatic carbocycles. The van der Waals surface area contributed by atoms with Gasteiger partial charge in [0.15, 0.2) is 5.84 Å². The molecule has 0 amide bonds. The smallest absolute Gasteiger partial charge is 0.170 e. The Kier molecular flexibility index (Phi) is 5.52. The number of hydrogen-bond acceptors (Lipinski definition) is 4.